The molecular formula is C21H17ClF4N4O4S. The van der Waals surface area contributed by atoms with Crippen LogP contribution in [0.3, 0.4) is 0 Å². The molecule has 0 aliphatic heterocycles. The first kappa shape index (κ1) is 24.9. The minimum absolute atomic E-state index is 0.00711. The van der Waals surface area contributed by atoms with Crippen LogP contribution in [-0.4, -0.2) is 41.9 Å². The van der Waals surface area contributed by atoms with E-state index < -0.39 is 44.8 Å². The van der Waals surface area contributed by atoms with Crippen molar-refractivity contribution in [3.05, 3.63) is 65.2 Å². The summed E-state index contributed by atoms with van der Waals surface area (Å²) in [5.74, 6) is -1.85. The van der Waals surface area contributed by atoms with Gasteiger partial charge in [-0.3, -0.25) is 4.79 Å². The molecule has 3 aromatic rings. The highest BCUT2D eigenvalue weighted by Crippen LogP contribution is 2.53. The molecule has 14 heteroatoms. The zero-order valence-electron chi connectivity index (χ0n) is 17.7. The highest BCUT2D eigenvalue weighted by Gasteiger charge is 2.58. The van der Waals surface area contributed by atoms with E-state index >= 15 is 0 Å². The van der Waals surface area contributed by atoms with Crippen LogP contribution >= 0.6 is 11.6 Å². The highest BCUT2D eigenvalue weighted by atomic mass is 35.5. The number of halogens is 5. The smallest absolute Gasteiger partial charge is 0.397 e. The molecule has 1 fully saturated rings. The molecule has 2 heterocycles. The normalized spacial score (nSPS) is 15.3. The maximum atomic E-state index is 13.3. The minimum Gasteiger partial charge on any atom is -0.476 e. The van der Waals surface area contributed by atoms with Crippen LogP contribution in [0.5, 0.6) is 5.88 Å². The predicted molar refractivity (Wildman–Crippen MR) is 115 cm³/mol. The van der Waals surface area contributed by atoms with Gasteiger partial charge in [-0.1, -0.05) is 24.1 Å². The molecule has 1 aromatic carbocycles. The topological polar surface area (TPSA) is 103 Å². The van der Waals surface area contributed by atoms with Crippen LogP contribution in [0.15, 0.2) is 53.6 Å². The molecule has 0 atom stereocenters. The van der Waals surface area contributed by atoms with Gasteiger partial charge in [-0.25, -0.2) is 27.2 Å². The number of benzene rings is 1. The number of amides is 1. The van der Waals surface area contributed by atoms with E-state index in [9.17, 15) is 30.8 Å². The van der Waals surface area contributed by atoms with Gasteiger partial charge in [-0.05, 0) is 43.2 Å². The van der Waals surface area contributed by atoms with E-state index in [2.05, 4.69) is 10.1 Å². The van der Waals surface area contributed by atoms with E-state index in [0.29, 0.717) is 6.42 Å². The van der Waals surface area contributed by atoms with Gasteiger partial charge in [0.25, 0.3) is 15.9 Å². The quantitative estimate of drug-likeness (QED) is 0.360. The molecule has 8 nitrogen and oxygen atoms in total. The summed E-state index contributed by atoms with van der Waals surface area (Å²) in [4.78, 5) is 16.0. The Morgan fingerprint density at radius 1 is 1.20 bits per heavy atom. The van der Waals surface area contributed by atoms with Crippen LogP contribution in [0.25, 0.3) is 5.82 Å². The number of alkyl halides is 3. The zero-order chi connectivity index (χ0) is 25.4. The number of carbonyl (C=O) groups excluding carboxylic acids is 1. The van der Waals surface area contributed by atoms with Crippen LogP contribution in [-0.2, 0) is 10.0 Å². The van der Waals surface area contributed by atoms with E-state index in [1.807, 2.05) is 0 Å². The number of pyridine rings is 1. The van der Waals surface area contributed by atoms with E-state index in [1.54, 1.807) is 4.72 Å². The molecule has 2 aromatic heterocycles. The first-order chi connectivity index (χ1) is 16.4. The fraction of sp³-hybridized carbons (Fsp3) is 0.286. The number of hydrogen-bond acceptors (Lipinski definition) is 6. The fourth-order valence-electron chi connectivity index (χ4n) is 3.43. The first-order valence-electron chi connectivity index (χ1n) is 10.2. The molecular weight excluding hydrogens is 516 g/mol. The van der Waals surface area contributed by atoms with Crippen molar-refractivity contribution in [3.63, 3.8) is 0 Å². The number of hydrogen-bond donors (Lipinski definition) is 1. The van der Waals surface area contributed by atoms with Crippen LogP contribution in [0.2, 0.25) is 5.15 Å². The van der Waals surface area contributed by atoms with Crippen molar-refractivity contribution in [2.75, 3.05) is 6.61 Å². The SMILES string of the molecule is O=C(NS(=O)(=O)c1cccc(F)c1)c1ccc(-n2ccc(OCC3(C(F)(F)F)CCC3)n2)nc1Cl. The summed E-state index contributed by atoms with van der Waals surface area (Å²) in [7, 11) is -4.37. The summed E-state index contributed by atoms with van der Waals surface area (Å²) < 4.78 is 86.0. The van der Waals surface area contributed by atoms with Gasteiger partial charge in [-0.2, -0.15) is 13.2 Å². The number of nitrogens with one attached hydrogen (secondary N) is 1. The standard InChI is InChI=1S/C21H17ClF4N4O4S/c22-18-15(19(31)29-35(32,33)14-4-1-3-13(23)11-14)5-6-16(27-18)30-10-7-17(28-30)34-12-20(8-2-9-20)21(24,25)26/h1,3-7,10-11H,2,8-9,12H2,(H,29,31). The van der Waals surface area contributed by atoms with Gasteiger partial charge in [-0.15, -0.1) is 5.10 Å². The zero-order valence-corrected chi connectivity index (χ0v) is 19.3. The molecule has 0 radical (unpaired) electrons. The molecule has 0 bridgehead atoms. The molecule has 4 rings (SSSR count). The molecule has 35 heavy (non-hydrogen) atoms. The molecule has 1 saturated carbocycles. The number of carbonyl (C=O) groups is 1. The van der Waals surface area contributed by atoms with Crippen molar-refractivity contribution in [1.29, 1.82) is 0 Å². The summed E-state index contributed by atoms with van der Waals surface area (Å²) in [6, 6.07) is 7.93. The van der Waals surface area contributed by atoms with Crippen molar-refractivity contribution in [3.8, 4) is 11.7 Å². The number of nitrogens with zero attached hydrogens (tertiary/aromatic N) is 3. The van der Waals surface area contributed by atoms with Crippen LogP contribution < -0.4 is 9.46 Å². The second-order valence-electron chi connectivity index (χ2n) is 7.92. The molecule has 1 amide bonds. The van der Waals surface area contributed by atoms with Crippen LogP contribution in [0.4, 0.5) is 17.6 Å². The Labute approximate surface area is 201 Å². The van der Waals surface area contributed by atoms with E-state index in [0.717, 1.165) is 18.2 Å². The number of sulfonamides is 1. The predicted octanol–water partition coefficient (Wildman–Crippen LogP) is 4.29. The van der Waals surface area contributed by atoms with Gasteiger partial charge < -0.3 is 4.74 Å². The van der Waals surface area contributed by atoms with E-state index in [-0.39, 0.29) is 35.3 Å². The molecule has 1 aliphatic rings. The fourth-order valence-corrected chi connectivity index (χ4v) is 4.66. The van der Waals surface area contributed by atoms with Crippen molar-refractivity contribution >= 4 is 27.5 Å². The summed E-state index contributed by atoms with van der Waals surface area (Å²) in [5.41, 5.74) is -2.16. The van der Waals surface area contributed by atoms with Crippen molar-refractivity contribution in [2.24, 2.45) is 5.41 Å². The average molecular weight is 533 g/mol. The summed E-state index contributed by atoms with van der Waals surface area (Å²) in [5, 5.41) is 3.66. The Hall–Kier alpha value is -3.19. The summed E-state index contributed by atoms with van der Waals surface area (Å²) >= 11 is 6.05. The van der Waals surface area contributed by atoms with Gasteiger partial charge in [0.1, 0.15) is 23.0 Å². The Morgan fingerprint density at radius 2 is 1.94 bits per heavy atom. The van der Waals surface area contributed by atoms with E-state index in [1.165, 1.54) is 35.1 Å². The van der Waals surface area contributed by atoms with Gasteiger partial charge in [0.2, 0.25) is 5.88 Å². The maximum absolute atomic E-state index is 13.3. The molecule has 0 saturated heterocycles. The van der Waals surface area contributed by atoms with Crippen molar-refractivity contribution in [2.45, 2.75) is 30.3 Å². The van der Waals surface area contributed by atoms with Crippen LogP contribution in [0, 0.1) is 11.2 Å². The second-order valence-corrected chi connectivity index (χ2v) is 9.96. The van der Waals surface area contributed by atoms with Crippen molar-refractivity contribution in [1.82, 2.24) is 19.5 Å². The van der Waals surface area contributed by atoms with Gasteiger partial charge in [0.15, 0.2) is 5.82 Å². The van der Waals surface area contributed by atoms with Gasteiger partial charge >= 0.3 is 6.18 Å². The third kappa shape index (κ3) is 5.10. The molecule has 0 spiro atoms. The molecule has 1 N–H and O–H groups in total. The average Bonchev–Trinajstić information content (AvgIpc) is 3.20. The third-order valence-electron chi connectivity index (χ3n) is 5.62. The minimum atomic E-state index is -4.37. The lowest BCUT2D eigenvalue weighted by Gasteiger charge is -2.42. The maximum Gasteiger partial charge on any atom is 0.397 e. The highest BCUT2D eigenvalue weighted by molar-refractivity contribution is 7.90. The summed E-state index contributed by atoms with van der Waals surface area (Å²) in [6.45, 7) is -0.555. The van der Waals surface area contributed by atoms with Gasteiger partial charge in [0.05, 0.1) is 10.5 Å². The monoisotopic (exact) mass is 532 g/mol. The number of rotatable bonds is 7. The first-order valence-corrected chi connectivity index (χ1v) is 12.0. The largest absolute Gasteiger partial charge is 0.476 e. The van der Waals surface area contributed by atoms with Gasteiger partial charge in [0, 0.05) is 12.3 Å². The number of ether oxygens (including phenoxy) is 1. The van der Waals surface area contributed by atoms with E-state index in [4.69, 9.17) is 16.3 Å². The lowest BCUT2D eigenvalue weighted by atomic mass is 9.69. The second kappa shape index (κ2) is 9.11. The van der Waals surface area contributed by atoms with Crippen molar-refractivity contribution < 1.29 is 35.5 Å². The lowest BCUT2D eigenvalue weighted by Crippen LogP contribution is -2.48. The Kier molecular flexibility index (Phi) is 6.49. The Bertz CT molecular complexity index is 1370. The number of aromatic nitrogens is 3. The van der Waals surface area contributed by atoms with Crippen LogP contribution in [0.1, 0.15) is 29.6 Å². The lowest BCUT2D eigenvalue weighted by molar-refractivity contribution is -0.259. The molecule has 0 unspecified atom stereocenters. The summed E-state index contributed by atoms with van der Waals surface area (Å²) in [6.07, 6.45) is -2.53. The molecule has 1 aliphatic carbocycles. The Morgan fingerprint density at radius 3 is 2.54 bits per heavy atom. The molecule has 186 valence electrons. The Balaban J connectivity index is 1.46. The third-order valence-corrected chi connectivity index (χ3v) is 7.24.